The molecule has 0 radical (unpaired) electrons. The van der Waals surface area contributed by atoms with Crippen molar-refractivity contribution in [2.24, 2.45) is 0 Å². The van der Waals surface area contributed by atoms with Gasteiger partial charge < -0.3 is 20.1 Å². The highest BCUT2D eigenvalue weighted by Crippen LogP contribution is 1.96. The van der Waals surface area contributed by atoms with E-state index >= 15 is 0 Å². The Morgan fingerprint density at radius 1 is 0.833 bits per heavy atom. The van der Waals surface area contributed by atoms with Crippen LogP contribution in [-0.2, 0) is 23.9 Å². The number of carboxylic acid groups (broad SMARTS) is 3. The monoisotopic (exact) mass is 263 g/mol. The summed E-state index contributed by atoms with van der Waals surface area (Å²) < 4.78 is 4.55. The van der Waals surface area contributed by atoms with Crippen molar-refractivity contribution in [1.82, 2.24) is 4.90 Å². The van der Waals surface area contributed by atoms with Crippen LogP contribution in [0.15, 0.2) is 0 Å². The number of esters is 1. The summed E-state index contributed by atoms with van der Waals surface area (Å²) in [6, 6.07) is 0. The second kappa shape index (κ2) is 8.01. The van der Waals surface area contributed by atoms with Crippen molar-refractivity contribution in [2.75, 3.05) is 19.8 Å². The summed E-state index contributed by atoms with van der Waals surface area (Å²) in [6.07, 6.45) is -0.764. The minimum Gasteiger partial charge on any atom is -0.481 e. The summed E-state index contributed by atoms with van der Waals surface area (Å²) in [6.45, 7) is -1.71. The zero-order chi connectivity index (χ0) is 14.1. The normalized spacial score (nSPS) is 10.1. The minimum atomic E-state index is -1.27. The Hall–Kier alpha value is -2.16. The molecule has 0 aliphatic rings. The van der Waals surface area contributed by atoms with Gasteiger partial charge in [0.1, 0.15) is 6.73 Å². The highest BCUT2D eigenvalue weighted by atomic mass is 16.5. The van der Waals surface area contributed by atoms with Crippen LogP contribution in [0.25, 0.3) is 0 Å². The molecule has 102 valence electrons. The van der Waals surface area contributed by atoms with E-state index in [0.717, 1.165) is 4.90 Å². The maximum Gasteiger partial charge on any atom is 0.317 e. The zero-order valence-electron chi connectivity index (χ0n) is 9.37. The van der Waals surface area contributed by atoms with Crippen molar-refractivity contribution in [3.05, 3.63) is 0 Å². The van der Waals surface area contributed by atoms with E-state index in [1.807, 2.05) is 0 Å². The molecule has 0 aromatic rings. The van der Waals surface area contributed by atoms with Gasteiger partial charge in [-0.25, -0.2) is 4.90 Å². The van der Waals surface area contributed by atoms with E-state index in [4.69, 9.17) is 15.3 Å². The van der Waals surface area contributed by atoms with E-state index in [0.29, 0.717) is 0 Å². The van der Waals surface area contributed by atoms with E-state index in [-0.39, 0.29) is 6.42 Å². The summed E-state index contributed by atoms with van der Waals surface area (Å²) in [5, 5.41) is 25.3. The van der Waals surface area contributed by atoms with E-state index in [1.54, 1.807) is 0 Å². The fourth-order valence-electron chi connectivity index (χ4n) is 0.974. The topological polar surface area (TPSA) is 141 Å². The first kappa shape index (κ1) is 15.8. The third-order valence-electron chi connectivity index (χ3n) is 1.67. The number of nitrogens with zero attached hydrogens (tertiary/aromatic N) is 1. The molecule has 0 aromatic heterocycles. The third-order valence-corrected chi connectivity index (χ3v) is 1.67. The number of hydrogen-bond donors (Lipinski definition) is 3. The lowest BCUT2D eigenvalue weighted by molar-refractivity contribution is -0.156. The van der Waals surface area contributed by atoms with E-state index in [9.17, 15) is 19.2 Å². The van der Waals surface area contributed by atoms with Crippen LogP contribution in [-0.4, -0.2) is 63.9 Å². The second-order valence-corrected chi connectivity index (χ2v) is 3.31. The van der Waals surface area contributed by atoms with E-state index in [2.05, 4.69) is 4.74 Å². The molecule has 0 aliphatic heterocycles. The van der Waals surface area contributed by atoms with Gasteiger partial charge in [0.05, 0.1) is 25.9 Å². The van der Waals surface area contributed by atoms with Crippen molar-refractivity contribution in [3.8, 4) is 0 Å². The molecule has 0 unspecified atom stereocenters. The maximum atomic E-state index is 11.0. The number of carbonyl (C=O) groups is 4. The number of aliphatic carboxylic acids is 3. The van der Waals surface area contributed by atoms with Crippen LogP contribution in [0.2, 0.25) is 0 Å². The Kier molecular flexibility index (Phi) is 7.05. The molecule has 0 spiro atoms. The Balaban J connectivity index is 4.08. The average Bonchev–Trinajstić information content (AvgIpc) is 2.21. The minimum absolute atomic E-state index is 0.358. The smallest absolute Gasteiger partial charge is 0.317 e. The van der Waals surface area contributed by atoms with Gasteiger partial charge in [-0.15, -0.1) is 0 Å². The van der Waals surface area contributed by atoms with Gasteiger partial charge in [-0.1, -0.05) is 0 Å². The standard InChI is InChI=1S/C9H13NO8/c11-6(12)1-2-9(17)18-5-10(3-7(13)14)4-8(15)16/h1-5H2,(H,11,12)(H,13,14)(H,15,16). The molecule has 0 bridgehead atoms. The summed E-state index contributed by atoms with van der Waals surface area (Å²) in [4.78, 5) is 42.9. The van der Waals surface area contributed by atoms with Gasteiger partial charge in [0.15, 0.2) is 0 Å². The predicted octanol–water partition coefficient (Wildman–Crippen LogP) is -1.18. The Morgan fingerprint density at radius 2 is 1.33 bits per heavy atom. The molecule has 0 aromatic carbocycles. The SMILES string of the molecule is O=C(O)CCC(=O)OCN(CC(=O)O)CC(=O)O. The molecule has 9 nitrogen and oxygen atoms in total. The van der Waals surface area contributed by atoms with Crippen molar-refractivity contribution >= 4 is 23.9 Å². The molecule has 3 N–H and O–H groups in total. The number of hydrogen-bond acceptors (Lipinski definition) is 6. The Morgan fingerprint density at radius 3 is 1.72 bits per heavy atom. The van der Waals surface area contributed by atoms with Crippen LogP contribution in [0.1, 0.15) is 12.8 Å². The summed E-state index contributed by atoms with van der Waals surface area (Å²) >= 11 is 0. The molecule has 0 heterocycles. The van der Waals surface area contributed by atoms with Gasteiger partial charge in [-0.05, 0) is 0 Å². The molecule has 0 saturated heterocycles. The van der Waals surface area contributed by atoms with E-state index < -0.39 is 50.1 Å². The number of carboxylic acids is 3. The predicted molar refractivity (Wildman–Crippen MR) is 54.7 cm³/mol. The highest BCUT2D eigenvalue weighted by molar-refractivity contribution is 5.76. The third kappa shape index (κ3) is 9.09. The summed E-state index contributed by atoms with van der Waals surface area (Å²) in [5.74, 6) is -4.53. The fraction of sp³-hybridized carbons (Fsp3) is 0.556. The summed E-state index contributed by atoms with van der Waals surface area (Å²) in [7, 11) is 0. The quantitative estimate of drug-likeness (QED) is 0.346. The maximum absolute atomic E-state index is 11.0. The molecular formula is C9H13NO8. The first-order chi connectivity index (χ1) is 8.31. The lowest BCUT2D eigenvalue weighted by Gasteiger charge is -2.17. The largest absolute Gasteiger partial charge is 0.481 e. The number of ether oxygens (including phenoxy) is 1. The van der Waals surface area contributed by atoms with Crippen molar-refractivity contribution in [3.63, 3.8) is 0 Å². The Bertz CT molecular complexity index is 323. The molecule has 0 fully saturated rings. The van der Waals surface area contributed by atoms with Crippen molar-refractivity contribution in [2.45, 2.75) is 12.8 Å². The van der Waals surface area contributed by atoms with Crippen LogP contribution < -0.4 is 0 Å². The fourth-order valence-corrected chi connectivity index (χ4v) is 0.974. The van der Waals surface area contributed by atoms with E-state index in [1.165, 1.54) is 0 Å². The lowest BCUT2D eigenvalue weighted by atomic mass is 10.3. The zero-order valence-corrected chi connectivity index (χ0v) is 9.37. The molecule has 0 rings (SSSR count). The molecule has 9 heteroatoms. The van der Waals surface area contributed by atoms with Gasteiger partial charge in [-0.3, -0.25) is 19.2 Å². The highest BCUT2D eigenvalue weighted by Gasteiger charge is 2.15. The van der Waals surface area contributed by atoms with Gasteiger partial charge in [0, 0.05) is 0 Å². The average molecular weight is 263 g/mol. The van der Waals surface area contributed by atoms with Gasteiger partial charge in [0.2, 0.25) is 0 Å². The number of rotatable bonds is 9. The molecule has 0 atom stereocenters. The molecule has 0 amide bonds. The molecule has 0 saturated carbocycles. The summed E-state index contributed by atoms with van der Waals surface area (Å²) in [5.41, 5.74) is 0. The van der Waals surface area contributed by atoms with Crippen LogP contribution in [0.5, 0.6) is 0 Å². The van der Waals surface area contributed by atoms with Crippen LogP contribution in [0, 0.1) is 0 Å². The van der Waals surface area contributed by atoms with Gasteiger partial charge in [-0.2, -0.15) is 0 Å². The first-order valence-electron chi connectivity index (χ1n) is 4.84. The first-order valence-corrected chi connectivity index (χ1v) is 4.84. The lowest BCUT2D eigenvalue weighted by Crippen LogP contribution is -2.37. The Labute approximate surface area is 102 Å². The van der Waals surface area contributed by atoms with Gasteiger partial charge >= 0.3 is 23.9 Å². The second-order valence-electron chi connectivity index (χ2n) is 3.31. The van der Waals surface area contributed by atoms with Crippen molar-refractivity contribution < 1.29 is 39.2 Å². The number of carbonyl (C=O) groups excluding carboxylic acids is 1. The van der Waals surface area contributed by atoms with Crippen LogP contribution in [0.4, 0.5) is 0 Å². The molecule has 0 aliphatic carbocycles. The molecular weight excluding hydrogens is 250 g/mol. The van der Waals surface area contributed by atoms with Crippen molar-refractivity contribution in [1.29, 1.82) is 0 Å². The molecule has 18 heavy (non-hydrogen) atoms. The van der Waals surface area contributed by atoms with Gasteiger partial charge in [0.25, 0.3) is 0 Å². The van der Waals surface area contributed by atoms with Crippen LogP contribution >= 0.6 is 0 Å². The van der Waals surface area contributed by atoms with Crippen LogP contribution in [0.3, 0.4) is 0 Å².